The maximum atomic E-state index is 11.9. The van der Waals surface area contributed by atoms with Crippen molar-refractivity contribution < 1.29 is 23.8 Å². The fourth-order valence-corrected chi connectivity index (χ4v) is 3.37. The Morgan fingerprint density at radius 2 is 1.93 bits per heavy atom. The van der Waals surface area contributed by atoms with Crippen molar-refractivity contribution in [1.29, 1.82) is 0 Å². The van der Waals surface area contributed by atoms with E-state index in [0.717, 1.165) is 4.90 Å². The van der Waals surface area contributed by atoms with Crippen LogP contribution in [0.5, 0.6) is 11.5 Å². The number of ether oxygens (including phenoxy) is 3. The second-order valence-corrected chi connectivity index (χ2v) is 7.55. The Hall–Kier alpha value is -2.67. The average molecular weight is 401 g/mol. The standard InChI is InChI=1S/C21H23NO5S/c1-14-7-8-17(9-15(14)2)28-13-21(24)26-12-20(23)22-10-16-11-25-18-5-3-4-6-19(18)27-16/h3-9,16H,10-13H2,1-2H3,(H,22,23)/t16-/m0/s1. The predicted molar refractivity (Wildman–Crippen MR) is 107 cm³/mol. The molecule has 1 heterocycles. The van der Waals surface area contributed by atoms with E-state index in [-0.39, 0.29) is 30.9 Å². The van der Waals surface area contributed by atoms with E-state index in [1.807, 2.05) is 56.3 Å². The van der Waals surface area contributed by atoms with E-state index in [1.165, 1.54) is 22.9 Å². The molecular formula is C21H23NO5S. The van der Waals surface area contributed by atoms with Crippen LogP contribution in [0, 0.1) is 13.8 Å². The molecule has 0 fully saturated rings. The highest BCUT2D eigenvalue weighted by atomic mass is 32.2. The van der Waals surface area contributed by atoms with Gasteiger partial charge in [-0.3, -0.25) is 9.59 Å². The molecule has 3 rings (SSSR count). The zero-order valence-corrected chi connectivity index (χ0v) is 16.7. The minimum Gasteiger partial charge on any atom is -0.486 e. The zero-order chi connectivity index (χ0) is 19.9. The molecule has 148 valence electrons. The zero-order valence-electron chi connectivity index (χ0n) is 15.9. The molecule has 7 heteroatoms. The molecule has 1 aliphatic rings. The largest absolute Gasteiger partial charge is 0.486 e. The lowest BCUT2D eigenvalue weighted by atomic mass is 10.1. The number of thioether (sulfide) groups is 1. The quantitative estimate of drug-likeness (QED) is 0.568. The topological polar surface area (TPSA) is 73.9 Å². The third-order valence-electron chi connectivity index (χ3n) is 4.29. The molecule has 0 bridgehead atoms. The van der Waals surface area contributed by atoms with Gasteiger partial charge in [-0.25, -0.2) is 0 Å². The summed E-state index contributed by atoms with van der Waals surface area (Å²) in [5, 5.41) is 2.70. The van der Waals surface area contributed by atoms with Gasteiger partial charge >= 0.3 is 5.97 Å². The summed E-state index contributed by atoms with van der Waals surface area (Å²) in [5.74, 6) is 0.714. The molecular weight excluding hydrogens is 378 g/mol. The number of fused-ring (bicyclic) bond motifs is 1. The number of rotatable bonds is 7. The van der Waals surface area contributed by atoms with Crippen molar-refractivity contribution in [3.05, 3.63) is 53.6 Å². The van der Waals surface area contributed by atoms with Gasteiger partial charge in [0.25, 0.3) is 5.91 Å². The number of nitrogens with one attached hydrogen (secondary N) is 1. The van der Waals surface area contributed by atoms with Gasteiger partial charge in [-0.1, -0.05) is 18.2 Å². The van der Waals surface area contributed by atoms with Crippen LogP contribution in [0.4, 0.5) is 0 Å². The Labute approximate surface area is 168 Å². The summed E-state index contributed by atoms with van der Waals surface area (Å²) in [4.78, 5) is 24.7. The minimum absolute atomic E-state index is 0.159. The first-order valence-corrected chi connectivity index (χ1v) is 10.0. The number of aryl methyl sites for hydroxylation is 2. The van der Waals surface area contributed by atoms with Crippen LogP contribution in [0.15, 0.2) is 47.4 Å². The van der Waals surface area contributed by atoms with E-state index in [4.69, 9.17) is 14.2 Å². The second-order valence-electron chi connectivity index (χ2n) is 6.50. The predicted octanol–water partition coefficient (Wildman–Crippen LogP) is 2.89. The molecule has 1 amide bonds. The first-order valence-electron chi connectivity index (χ1n) is 9.02. The molecule has 28 heavy (non-hydrogen) atoms. The van der Waals surface area contributed by atoms with Crippen molar-refractivity contribution in [2.75, 3.05) is 25.5 Å². The highest BCUT2D eigenvalue weighted by Crippen LogP contribution is 2.30. The summed E-state index contributed by atoms with van der Waals surface area (Å²) in [7, 11) is 0. The molecule has 0 saturated carbocycles. The molecule has 2 aromatic rings. The molecule has 6 nitrogen and oxygen atoms in total. The lowest BCUT2D eigenvalue weighted by Crippen LogP contribution is -2.42. The molecule has 0 radical (unpaired) electrons. The van der Waals surface area contributed by atoms with Gasteiger partial charge in [-0.15, -0.1) is 11.8 Å². The van der Waals surface area contributed by atoms with Crippen LogP contribution in [0.2, 0.25) is 0 Å². The van der Waals surface area contributed by atoms with E-state index in [0.29, 0.717) is 18.1 Å². The molecule has 0 aliphatic carbocycles. The molecule has 0 saturated heterocycles. The number of hydrogen-bond acceptors (Lipinski definition) is 6. The van der Waals surface area contributed by atoms with Gasteiger partial charge in [0.1, 0.15) is 12.7 Å². The van der Waals surface area contributed by atoms with Crippen molar-refractivity contribution >= 4 is 23.6 Å². The van der Waals surface area contributed by atoms with Gasteiger partial charge in [0.05, 0.1) is 12.3 Å². The Morgan fingerprint density at radius 3 is 2.71 bits per heavy atom. The van der Waals surface area contributed by atoms with E-state index in [9.17, 15) is 9.59 Å². The van der Waals surface area contributed by atoms with Crippen LogP contribution < -0.4 is 14.8 Å². The highest BCUT2D eigenvalue weighted by molar-refractivity contribution is 8.00. The van der Waals surface area contributed by atoms with Crippen molar-refractivity contribution in [3.63, 3.8) is 0 Å². The van der Waals surface area contributed by atoms with Gasteiger partial charge in [-0.2, -0.15) is 0 Å². The fourth-order valence-electron chi connectivity index (χ4n) is 2.58. The van der Waals surface area contributed by atoms with E-state index in [2.05, 4.69) is 5.32 Å². The summed E-state index contributed by atoms with van der Waals surface area (Å²) >= 11 is 1.39. The monoisotopic (exact) mass is 401 g/mol. The van der Waals surface area contributed by atoms with E-state index >= 15 is 0 Å². The maximum absolute atomic E-state index is 11.9. The SMILES string of the molecule is Cc1ccc(SCC(=O)OCC(=O)NC[C@H]2COc3ccccc3O2)cc1C. The first kappa shape index (κ1) is 20.1. The van der Waals surface area contributed by atoms with Gasteiger partial charge in [0, 0.05) is 4.90 Å². The van der Waals surface area contributed by atoms with Crippen molar-refractivity contribution in [2.24, 2.45) is 0 Å². The summed E-state index contributed by atoms with van der Waals surface area (Å²) in [5.41, 5.74) is 2.38. The first-order chi connectivity index (χ1) is 13.5. The molecule has 0 unspecified atom stereocenters. The van der Waals surface area contributed by atoms with E-state index in [1.54, 1.807) is 0 Å². The highest BCUT2D eigenvalue weighted by Gasteiger charge is 2.21. The average Bonchev–Trinajstić information content (AvgIpc) is 2.71. The van der Waals surface area contributed by atoms with Crippen LogP contribution in [0.3, 0.4) is 0 Å². The number of amides is 1. The minimum atomic E-state index is -0.426. The molecule has 2 aromatic carbocycles. The third-order valence-corrected chi connectivity index (χ3v) is 5.26. The molecule has 1 atom stereocenters. The lowest BCUT2D eigenvalue weighted by Gasteiger charge is -2.26. The summed E-state index contributed by atoms with van der Waals surface area (Å²) in [6.07, 6.45) is -0.283. The van der Waals surface area contributed by atoms with Gasteiger partial charge in [0.2, 0.25) is 0 Å². The third kappa shape index (κ3) is 5.66. The Bertz CT molecular complexity index is 854. The molecule has 0 spiro atoms. The van der Waals surface area contributed by atoms with Crippen molar-refractivity contribution in [3.8, 4) is 11.5 Å². The van der Waals surface area contributed by atoms with Crippen LogP contribution in [0.1, 0.15) is 11.1 Å². The number of para-hydroxylation sites is 2. The number of hydrogen-bond donors (Lipinski definition) is 1. The van der Waals surface area contributed by atoms with Crippen LogP contribution in [-0.2, 0) is 14.3 Å². The van der Waals surface area contributed by atoms with Crippen molar-refractivity contribution in [1.82, 2.24) is 5.32 Å². The summed E-state index contributed by atoms with van der Waals surface area (Å²) < 4.78 is 16.4. The number of benzene rings is 2. The Balaban J connectivity index is 1.34. The number of esters is 1. The summed E-state index contributed by atoms with van der Waals surface area (Å²) in [6.45, 7) is 4.39. The Morgan fingerprint density at radius 1 is 1.14 bits per heavy atom. The smallest absolute Gasteiger partial charge is 0.316 e. The maximum Gasteiger partial charge on any atom is 0.316 e. The van der Waals surface area contributed by atoms with Crippen LogP contribution in [0.25, 0.3) is 0 Å². The fraction of sp³-hybridized carbons (Fsp3) is 0.333. The van der Waals surface area contributed by atoms with E-state index < -0.39 is 5.97 Å². The van der Waals surface area contributed by atoms with Gasteiger partial charge < -0.3 is 19.5 Å². The van der Waals surface area contributed by atoms with Crippen LogP contribution in [-0.4, -0.2) is 43.5 Å². The van der Waals surface area contributed by atoms with Crippen molar-refractivity contribution in [2.45, 2.75) is 24.8 Å². The molecule has 1 N–H and O–H groups in total. The van der Waals surface area contributed by atoms with Crippen LogP contribution >= 0.6 is 11.8 Å². The normalized spacial score (nSPS) is 15.0. The molecule has 1 aliphatic heterocycles. The lowest BCUT2D eigenvalue weighted by molar-refractivity contribution is -0.146. The molecule has 0 aromatic heterocycles. The van der Waals surface area contributed by atoms with Gasteiger partial charge in [0.15, 0.2) is 18.1 Å². The van der Waals surface area contributed by atoms with Gasteiger partial charge in [-0.05, 0) is 49.2 Å². The number of carbonyl (C=O) groups excluding carboxylic acids is 2. The summed E-state index contributed by atoms with van der Waals surface area (Å²) in [6, 6.07) is 13.4. The number of carbonyl (C=O) groups is 2. The Kier molecular flexibility index (Phi) is 6.81. The second kappa shape index (κ2) is 9.50.